The highest BCUT2D eigenvalue weighted by atomic mass is 19.1. The monoisotopic (exact) mass is 285 g/mol. The number of amides is 2. The zero-order valence-corrected chi connectivity index (χ0v) is 10.0. The van der Waals surface area contributed by atoms with Gasteiger partial charge >= 0.3 is 5.69 Å². The summed E-state index contributed by atoms with van der Waals surface area (Å²) in [6.45, 7) is -0.302. The lowest BCUT2D eigenvalue weighted by atomic mass is 10.1. The lowest BCUT2D eigenvalue weighted by Crippen LogP contribution is -2.29. The molecule has 0 spiro atoms. The second-order valence-electron chi connectivity index (χ2n) is 4.29. The maximum atomic E-state index is 13.9. The first-order chi connectivity index (χ1) is 9.32. The van der Waals surface area contributed by atoms with Crippen LogP contribution in [-0.4, -0.2) is 23.3 Å². The minimum Gasteiger partial charge on any atom is -0.369 e. The van der Waals surface area contributed by atoms with E-state index in [4.69, 9.17) is 5.73 Å². The lowest BCUT2D eigenvalue weighted by molar-refractivity contribution is -0.387. The van der Waals surface area contributed by atoms with Crippen LogP contribution in [0.4, 0.5) is 20.2 Å². The molecule has 0 aromatic heterocycles. The fraction of sp³-hybridized carbons (Fsp3) is 0.273. The first kappa shape index (κ1) is 13.8. The van der Waals surface area contributed by atoms with Crippen molar-refractivity contribution in [2.24, 2.45) is 11.7 Å². The van der Waals surface area contributed by atoms with Gasteiger partial charge in [0.2, 0.25) is 17.6 Å². The summed E-state index contributed by atoms with van der Waals surface area (Å²) in [6, 6.07) is 1.36. The van der Waals surface area contributed by atoms with Crippen LogP contribution in [0.5, 0.6) is 0 Å². The maximum Gasteiger partial charge on any atom is 0.307 e. The van der Waals surface area contributed by atoms with E-state index in [-0.39, 0.29) is 13.0 Å². The molecular weight excluding hydrogens is 276 g/mol. The van der Waals surface area contributed by atoms with Crippen molar-refractivity contribution >= 4 is 23.2 Å². The molecule has 1 aromatic rings. The van der Waals surface area contributed by atoms with E-state index in [2.05, 4.69) is 0 Å². The number of anilines is 1. The van der Waals surface area contributed by atoms with Crippen LogP contribution >= 0.6 is 0 Å². The lowest BCUT2D eigenvalue weighted by Gasteiger charge is -2.17. The van der Waals surface area contributed by atoms with Gasteiger partial charge in [0.1, 0.15) is 11.5 Å². The van der Waals surface area contributed by atoms with Crippen LogP contribution in [0.1, 0.15) is 6.42 Å². The molecule has 1 heterocycles. The third kappa shape index (κ3) is 2.17. The summed E-state index contributed by atoms with van der Waals surface area (Å²) in [5, 5.41) is 10.6. The van der Waals surface area contributed by atoms with Crippen LogP contribution in [0.25, 0.3) is 0 Å². The number of hydrogen-bond acceptors (Lipinski definition) is 4. The molecule has 7 nitrogen and oxygen atoms in total. The number of nitro groups is 1. The molecule has 9 heteroatoms. The molecule has 1 atom stereocenters. The maximum absolute atomic E-state index is 13.9. The summed E-state index contributed by atoms with van der Waals surface area (Å²) in [7, 11) is 0. The van der Waals surface area contributed by atoms with Gasteiger partial charge in [0.25, 0.3) is 0 Å². The average Bonchev–Trinajstić information content (AvgIpc) is 2.71. The molecule has 20 heavy (non-hydrogen) atoms. The van der Waals surface area contributed by atoms with Crippen molar-refractivity contribution in [2.45, 2.75) is 6.42 Å². The van der Waals surface area contributed by atoms with Gasteiger partial charge in [-0.25, -0.2) is 4.39 Å². The Bertz CT molecular complexity index is 620. The number of halogens is 2. The van der Waals surface area contributed by atoms with Gasteiger partial charge < -0.3 is 10.6 Å². The molecule has 1 aliphatic rings. The molecule has 2 amide bonds. The Morgan fingerprint density at radius 2 is 2.10 bits per heavy atom. The van der Waals surface area contributed by atoms with Crippen LogP contribution in [0, 0.1) is 27.7 Å². The van der Waals surface area contributed by atoms with Crippen molar-refractivity contribution in [3.63, 3.8) is 0 Å². The molecule has 106 valence electrons. The van der Waals surface area contributed by atoms with Crippen molar-refractivity contribution in [3.05, 3.63) is 33.9 Å². The summed E-state index contributed by atoms with van der Waals surface area (Å²) in [5.41, 5.74) is 3.27. The molecule has 1 aromatic carbocycles. The van der Waals surface area contributed by atoms with Gasteiger partial charge in [-0.15, -0.1) is 0 Å². The number of primary amides is 1. The molecule has 2 N–H and O–H groups in total. The summed E-state index contributed by atoms with van der Waals surface area (Å²) in [6.07, 6.45) is -0.281. The Hall–Kier alpha value is -2.58. The second kappa shape index (κ2) is 4.83. The molecule has 1 saturated heterocycles. The predicted octanol–water partition coefficient (Wildman–Crippen LogP) is 0.711. The van der Waals surface area contributed by atoms with Crippen molar-refractivity contribution in [1.29, 1.82) is 0 Å². The number of nitrogens with zero attached hydrogens (tertiary/aromatic N) is 2. The Balaban J connectivity index is 2.48. The Morgan fingerprint density at radius 3 is 2.60 bits per heavy atom. The topological polar surface area (TPSA) is 107 Å². The zero-order chi connectivity index (χ0) is 15.0. The van der Waals surface area contributed by atoms with Gasteiger partial charge in [0.05, 0.1) is 10.8 Å². The highest BCUT2D eigenvalue weighted by molar-refractivity contribution is 6.00. The van der Waals surface area contributed by atoms with Crippen LogP contribution in [0.15, 0.2) is 12.1 Å². The molecule has 0 aliphatic carbocycles. The fourth-order valence-electron chi connectivity index (χ4n) is 2.03. The van der Waals surface area contributed by atoms with Crippen LogP contribution in [0.2, 0.25) is 0 Å². The quantitative estimate of drug-likeness (QED) is 0.652. The van der Waals surface area contributed by atoms with Crippen LogP contribution in [-0.2, 0) is 9.59 Å². The third-order valence-corrected chi connectivity index (χ3v) is 3.04. The minimum absolute atomic E-state index is 0.281. The fourth-order valence-corrected chi connectivity index (χ4v) is 2.03. The van der Waals surface area contributed by atoms with Crippen molar-refractivity contribution < 1.29 is 23.3 Å². The van der Waals surface area contributed by atoms with Gasteiger partial charge in [-0.3, -0.25) is 19.7 Å². The molecule has 0 radical (unpaired) electrons. The first-order valence-corrected chi connectivity index (χ1v) is 5.55. The molecule has 0 saturated carbocycles. The summed E-state index contributed by atoms with van der Waals surface area (Å²) in [5.74, 6) is -4.93. The molecular formula is C11H9F2N3O4. The van der Waals surface area contributed by atoms with Crippen molar-refractivity contribution in [2.75, 3.05) is 11.4 Å². The van der Waals surface area contributed by atoms with E-state index in [1.165, 1.54) is 0 Å². The predicted molar refractivity (Wildman–Crippen MR) is 62.7 cm³/mol. The number of benzene rings is 1. The largest absolute Gasteiger partial charge is 0.369 e. The standard InChI is InChI=1S/C11H9F2N3O4/c12-6-1-2-7(16(19)20)9(13)10(6)15-4-5(11(14)18)3-8(15)17/h1-2,5H,3-4H2,(H2,14,18). The van der Waals surface area contributed by atoms with E-state index in [0.29, 0.717) is 17.0 Å². The van der Waals surface area contributed by atoms with E-state index in [1.54, 1.807) is 0 Å². The first-order valence-electron chi connectivity index (χ1n) is 5.55. The van der Waals surface area contributed by atoms with E-state index in [9.17, 15) is 28.5 Å². The van der Waals surface area contributed by atoms with E-state index >= 15 is 0 Å². The smallest absolute Gasteiger partial charge is 0.307 e. The van der Waals surface area contributed by atoms with Gasteiger partial charge in [-0.05, 0) is 6.07 Å². The zero-order valence-electron chi connectivity index (χ0n) is 10.0. The van der Waals surface area contributed by atoms with Gasteiger partial charge in [0, 0.05) is 19.0 Å². The van der Waals surface area contributed by atoms with E-state index < -0.39 is 45.7 Å². The Kier molecular flexibility index (Phi) is 3.35. The molecule has 2 rings (SSSR count). The van der Waals surface area contributed by atoms with Gasteiger partial charge in [-0.2, -0.15) is 4.39 Å². The molecule has 0 bridgehead atoms. The number of carbonyl (C=O) groups excluding carboxylic acids is 2. The normalized spacial score (nSPS) is 18.4. The Labute approximate surface area is 111 Å². The molecule has 1 fully saturated rings. The van der Waals surface area contributed by atoms with Gasteiger partial charge in [-0.1, -0.05) is 0 Å². The third-order valence-electron chi connectivity index (χ3n) is 3.04. The summed E-state index contributed by atoms with van der Waals surface area (Å²) < 4.78 is 27.6. The number of hydrogen-bond donors (Lipinski definition) is 1. The Morgan fingerprint density at radius 1 is 1.45 bits per heavy atom. The number of nitro benzene ring substituents is 1. The summed E-state index contributed by atoms with van der Waals surface area (Å²) in [4.78, 5) is 33.0. The van der Waals surface area contributed by atoms with Crippen molar-refractivity contribution in [3.8, 4) is 0 Å². The molecule has 1 aliphatic heterocycles. The van der Waals surface area contributed by atoms with Crippen LogP contribution in [0.3, 0.4) is 0 Å². The number of nitrogens with two attached hydrogens (primary N) is 1. The summed E-state index contributed by atoms with van der Waals surface area (Å²) >= 11 is 0. The second-order valence-corrected chi connectivity index (χ2v) is 4.29. The number of carbonyl (C=O) groups is 2. The number of rotatable bonds is 3. The average molecular weight is 285 g/mol. The van der Waals surface area contributed by atoms with Crippen LogP contribution < -0.4 is 10.6 Å². The van der Waals surface area contributed by atoms with E-state index in [1.807, 2.05) is 0 Å². The SMILES string of the molecule is NC(=O)C1CC(=O)N(c2c(F)ccc([N+](=O)[O-])c2F)C1. The van der Waals surface area contributed by atoms with E-state index in [0.717, 1.165) is 0 Å². The highest BCUT2D eigenvalue weighted by Crippen LogP contribution is 2.34. The molecule has 1 unspecified atom stereocenters. The van der Waals surface area contributed by atoms with Crippen molar-refractivity contribution in [1.82, 2.24) is 0 Å². The van der Waals surface area contributed by atoms with Gasteiger partial charge in [0.15, 0.2) is 0 Å². The minimum atomic E-state index is -1.45. The highest BCUT2D eigenvalue weighted by Gasteiger charge is 2.38.